The molecule has 0 heterocycles. The monoisotopic (exact) mass is 419 g/mol. The van der Waals surface area contributed by atoms with E-state index < -0.39 is 33.5 Å². The van der Waals surface area contributed by atoms with Gasteiger partial charge in [-0.25, -0.2) is 4.79 Å². The van der Waals surface area contributed by atoms with Crippen LogP contribution in [-0.2, 0) is 9.53 Å². The summed E-state index contributed by atoms with van der Waals surface area (Å²) in [7, 11) is -18.0. The van der Waals surface area contributed by atoms with Gasteiger partial charge in [0.1, 0.15) is 5.60 Å². The topological polar surface area (TPSA) is 55.4 Å². The van der Waals surface area contributed by atoms with Gasteiger partial charge in [-0.15, -0.1) is 0 Å². The molecule has 26 heavy (non-hydrogen) atoms. The first-order valence-corrected chi connectivity index (χ1v) is 5.89. The second-order valence-corrected chi connectivity index (χ2v) is 4.48. The zero-order chi connectivity index (χ0) is 22.4. The Morgan fingerprint density at radius 1 is 0.808 bits per heavy atom. The number of ether oxygens (including phenoxy) is 1. The van der Waals surface area contributed by atoms with Crippen LogP contribution in [0.15, 0.2) is 0 Å². The zero-order valence-corrected chi connectivity index (χ0v) is 13.2. The fourth-order valence-corrected chi connectivity index (χ4v) is 0.422. The average Bonchev–Trinajstić information content (AvgIpc) is 2.16. The molecule has 1 amide bonds. The van der Waals surface area contributed by atoms with Gasteiger partial charge in [-0.1, -0.05) is 0 Å². The molecule has 0 aromatic rings. The van der Waals surface area contributed by atoms with Gasteiger partial charge in [0, 0.05) is 0 Å². The van der Waals surface area contributed by atoms with E-state index in [1.165, 1.54) is 6.29 Å². The highest BCUT2D eigenvalue weighted by molar-refractivity contribution is 6.50. The highest BCUT2D eigenvalue weighted by Crippen LogP contribution is 2.08. The first-order chi connectivity index (χ1) is 11.0. The number of amides is 1. The Hall–Kier alpha value is -1.71. The largest absolute Gasteiger partial charge is 0.673 e. The maximum atomic E-state index is 10.7. The van der Waals surface area contributed by atoms with Gasteiger partial charge in [-0.05, 0) is 20.8 Å². The van der Waals surface area contributed by atoms with E-state index in [-0.39, 0.29) is 6.54 Å². The fourth-order valence-electron chi connectivity index (χ4n) is 0.422. The predicted octanol–water partition coefficient (Wildman–Crippen LogP) is 4.52. The summed E-state index contributed by atoms with van der Waals surface area (Å²) in [6.07, 6.45) is 0.926. The molecule has 0 aliphatic carbocycles. The first-order valence-electron chi connectivity index (χ1n) is 5.89. The van der Waals surface area contributed by atoms with Crippen LogP contribution in [0, 0.1) is 0 Å². The van der Waals surface area contributed by atoms with Gasteiger partial charge in [0.15, 0.2) is 0 Å². The van der Waals surface area contributed by atoms with E-state index in [1.54, 1.807) is 20.8 Å². The Labute approximate surface area is 139 Å². The van der Waals surface area contributed by atoms with Crippen LogP contribution in [0.1, 0.15) is 20.8 Å². The first kappa shape index (κ1) is 32.0. The lowest BCUT2D eigenvalue weighted by molar-refractivity contribution is 0.0535. The molecule has 0 aliphatic heterocycles. The van der Waals surface area contributed by atoms with Crippen LogP contribution in [0.25, 0.3) is 0 Å². The average molecular weight is 419 g/mol. The molecule has 0 saturated carbocycles. The third-order valence-electron chi connectivity index (χ3n) is 0.704. The van der Waals surface area contributed by atoms with Crippen LogP contribution >= 0.6 is 0 Å². The molecule has 19 heteroatoms. The molecule has 4 nitrogen and oxygen atoms in total. The summed E-state index contributed by atoms with van der Waals surface area (Å²) in [5, 5.41) is 2.20. The molecular formula is C7H12B3F12NO3-3. The molecule has 0 aromatic heterocycles. The number of hydrogen-bond donors (Lipinski definition) is 1. The molecule has 1 radical (unpaired) electrons. The quantitative estimate of drug-likeness (QED) is 0.530. The minimum atomic E-state index is -6.00. The molecule has 0 rings (SSSR count). The zero-order valence-electron chi connectivity index (χ0n) is 13.2. The van der Waals surface area contributed by atoms with Crippen molar-refractivity contribution in [2.24, 2.45) is 0 Å². The van der Waals surface area contributed by atoms with Crippen molar-refractivity contribution < 1.29 is 66.1 Å². The van der Waals surface area contributed by atoms with Crippen molar-refractivity contribution in [3.05, 3.63) is 0 Å². The lowest BCUT2D eigenvalue weighted by atomic mass is 10.2. The third-order valence-corrected chi connectivity index (χ3v) is 0.704. The normalized spacial score (nSPS) is 11.3. The van der Waals surface area contributed by atoms with E-state index in [4.69, 9.17) is 4.74 Å². The maximum absolute atomic E-state index is 10.7. The van der Waals surface area contributed by atoms with Gasteiger partial charge in [-0.2, -0.15) is 0 Å². The third kappa shape index (κ3) is 190. The fraction of sp³-hybridized carbons (Fsp3) is 0.714. The van der Waals surface area contributed by atoms with Crippen molar-refractivity contribution in [2.75, 3.05) is 6.54 Å². The van der Waals surface area contributed by atoms with Gasteiger partial charge < -0.3 is 61.8 Å². The number of carbonyl (C=O) groups is 1. The summed E-state index contributed by atoms with van der Waals surface area (Å²) >= 11 is 0. The van der Waals surface area contributed by atoms with E-state index in [0.29, 0.717) is 0 Å². The maximum Gasteiger partial charge on any atom is 0.673 e. The van der Waals surface area contributed by atoms with Gasteiger partial charge in [0.2, 0.25) is 6.29 Å². The number of rotatable bonds is 2. The SMILES string of the molecule is CC(C)(C)OC(=O)NC[C]=O.F[B-](F)(F)F.F[B-](F)(F)F.F[B-](F)(F)F. The Bertz CT molecular complexity index is 332. The highest BCUT2D eigenvalue weighted by Gasteiger charge is 2.21. The molecular weight excluding hydrogens is 406 g/mol. The summed E-state index contributed by atoms with van der Waals surface area (Å²) < 4.78 is 122. The lowest BCUT2D eigenvalue weighted by Crippen LogP contribution is -2.33. The lowest BCUT2D eigenvalue weighted by Gasteiger charge is -2.18. The van der Waals surface area contributed by atoms with E-state index in [0.717, 1.165) is 0 Å². The second kappa shape index (κ2) is 13.5. The van der Waals surface area contributed by atoms with Crippen molar-refractivity contribution in [3.8, 4) is 0 Å². The molecule has 0 saturated heterocycles. The molecule has 0 bridgehead atoms. The number of nitrogens with one attached hydrogen (secondary N) is 1. The van der Waals surface area contributed by atoms with Crippen molar-refractivity contribution in [3.63, 3.8) is 0 Å². The van der Waals surface area contributed by atoms with Crippen molar-refractivity contribution in [2.45, 2.75) is 26.4 Å². The van der Waals surface area contributed by atoms with Crippen LogP contribution in [0.3, 0.4) is 0 Å². The molecule has 0 fully saturated rings. The number of alkyl carbamates (subject to hydrolysis) is 1. The van der Waals surface area contributed by atoms with Crippen LogP contribution < -0.4 is 5.32 Å². The summed E-state index contributed by atoms with van der Waals surface area (Å²) in [5.74, 6) is 0. The minimum absolute atomic E-state index is 0.130. The summed E-state index contributed by atoms with van der Waals surface area (Å²) in [6, 6.07) is 0. The molecule has 0 aromatic carbocycles. The van der Waals surface area contributed by atoms with E-state index >= 15 is 0 Å². The summed E-state index contributed by atoms with van der Waals surface area (Å²) in [6.45, 7) is 5.11. The van der Waals surface area contributed by atoms with Gasteiger partial charge in [-0.3, -0.25) is 4.79 Å². The molecule has 0 spiro atoms. The molecule has 0 aliphatic rings. The Kier molecular flexibility index (Phi) is 16.6. The van der Waals surface area contributed by atoms with Crippen molar-refractivity contribution >= 4 is 34.1 Å². The van der Waals surface area contributed by atoms with E-state index in [2.05, 4.69) is 5.32 Å². The van der Waals surface area contributed by atoms with Gasteiger partial charge in [0.25, 0.3) is 0 Å². The van der Waals surface area contributed by atoms with Crippen LogP contribution in [-0.4, -0.2) is 46.3 Å². The van der Waals surface area contributed by atoms with Crippen LogP contribution in [0.4, 0.5) is 56.6 Å². The summed E-state index contributed by atoms with van der Waals surface area (Å²) in [4.78, 5) is 20.4. The Morgan fingerprint density at radius 2 is 1.04 bits per heavy atom. The smallest absolute Gasteiger partial charge is 0.444 e. The Morgan fingerprint density at radius 3 is 1.19 bits per heavy atom. The Balaban J connectivity index is -0.000000136. The molecule has 1 N–H and O–H groups in total. The van der Waals surface area contributed by atoms with Gasteiger partial charge >= 0.3 is 27.9 Å². The molecule has 0 unspecified atom stereocenters. The van der Waals surface area contributed by atoms with E-state index in [1.807, 2.05) is 0 Å². The van der Waals surface area contributed by atoms with Crippen LogP contribution in [0.2, 0.25) is 0 Å². The minimum Gasteiger partial charge on any atom is -0.444 e. The van der Waals surface area contributed by atoms with Crippen molar-refractivity contribution in [1.82, 2.24) is 5.32 Å². The number of hydrogen-bond acceptors (Lipinski definition) is 3. The van der Waals surface area contributed by atoms with Crippen molar-refractivity contribution in [1.29, 1.82) is 0 Å². The highest BCUT2D eigenvalue weighted by atomic mass is 19.5. The predicted molar refractivity (Wildman–Crippen MR) is 70.5 cm³/mol. The second-order valence-electron chi connectivity index (χ2n) is 4.48. The van der Waals surface area contributed by atoms with Crippen LogP contribution in [0.5, 0.6) is 0 Å². The number of halogens is 12. The number of carbonyl (C=O) groups excluding carboxylic acids is 2. The summed E-state index contributed by atoms with van der Waals surface area (Å²) in [5.41, 5.74) is -0.521. The standard InChI is InChI=1S/C7H12NO3.3BF4/c1-7(2,3)11-6(10)8-4-5-9;3*2-1(3,4)5/h4H2,1-3H3,(H,8,10);;;/q;3*-1. The van der Waals surface area contributed by atoms with Gasteiger partial charge in [0.05, 0.1) is 6.54 Å². The molecule has 0 atom stereocenters. The molecule has 159 valence electrons. The van der Waals surface area contributed by atoms with E-state index in [9.17, 15) is 61.4 Å².